The second kappa shape index (κ2) is 5.65. The predicted octanol–water partition coefficient (Wildman–Crippen LogP) is 3.54. The average Bonchev–Trinajstić information content (AvgIpc) is 3.19. The quantitative estimate of drug-likeness (QED) is 0.844. The number of rotatable bonds is 2. The minimum atomic E-state index is -0.910. The monoisotopic (exact) mass is 345 g/mol. The summed E-state index contributed by atoms with van der Waals surface area (Å²) in [6.45, 7) is 5.83. The number of hydrogen-bond donors (Lipinski definition) is 1. The number of nitrogens with zero attached hydrogens (tertiary/aromatic N) is 2. The van der Waals surface area contributed by atoms with Crippen LogP contribution in [0.1, 0.15) is 22.4 Å². The van der Waals surface area contributed by atoms with Crippen LogP contribution in [0.15, 0.2) is 35.7 Å². The molecule has 3 nitrogen and oxygen atoms in total. The highest BCUT2D eigenvalue weighted by molar-refractivity contribution is 8.13. The Hall–Kier alpha value is -1.30. The van der Waals surface area contributed by atoms with E-state index in [1.807, 2.05) is 29.3 Å². The van der Waals surface area contributed by atoms with Gasteiger partial charge < -0.3 is 5.11 Å². The van der Waals surface area contributed by atoms with Crippen molar-refractivity contribution in [2.75, 3.05) is 23.7 Å². The van der Waals surface area contributed by atoms with Crippen LogP contribution in [0.2, 0.25) is 0 Å². The lowest BCUT2D eigenvalue weighted by Gasteiger charge is -2.22. The largest absolute Gasteiger partial charge is 0.346 e. The molecule has 0 saturated heterocycles. The molecule has 0 saturated carbocycles. The molecule has 1 aromatic heterocycles. The Balaban J connectivity index is 1.84. The van der Waals surface area contributed by atoms with Crippen molar-refractivity contribution in [3.05, 3.63) is 51.7 Å². The Morgan fingerprint density at radius 2 is 2.09 bits per heavy atom. The zero-order chi connectivity index (χ0) is 16.0. The van der Waals surface area contributed by atoms with Crippen molar-refractivity contribution in [1.82, 2.24) is 0 Å². The highest BCUT2D eigenvalue weighted by Gasteiger charge is 2.54. The van der Waals surface area contributed by atoms with Crippen molar-refractivity contribution in [3.63, 3.8) is 0 Å². The molecule has 0 amide bonds. The molecular weight excluding hydrogens is 324 g/mol. The summed E-state index contributed by atoms with van der Waals surface area (Å²) in [5.74, 6) is 1.12. The molecule has 5 heteroatoms. The van der Waals surface area contributed by atoms with Gasteiger partial charge in [0.2, 0.25) is 0 Å². The summed E-state index contributed by atoms with van der Waals surface area (Å²) in [6.07, 6.45) is 1.11. The molecule has 0 aliphatic carbocycles. The summed E-state index contributed by atoms with van der Waals surface area (Å²) in [5.41, 5.74) is 2.89. The van der Waals surface area contributed by atoms with Gasteiger partial charge in [-0.2, -0.15) is 0 Å². The van der Waals surface area contributed by atoms with E-state index in [9.17, 15) is 5.11 Å². The number of aryl methyl sites for hydroxylation is 1. The third kappa shape index (κ3) is 2.33. The fraction of sp³-hybridized carbons (Fsp3) is 0.389. The number of hydrogen-bond acceptors (Lipinski definition) is 4. The first-order chi connectivity index (χ1) is 11.1. The third-order valence-corrected chi connectivity index (χ3v) is 7.03. The van der Waals surface area contributed by atoms with Gasteiger partial charge in [-0.25, -0.2) is 9.48 Å². The lowest BCUT2D eigenvalue weighted by atomic mass is 10.1. The molecule has 23 heavy (non-hydrogen) atoms. The molecule has 1 N–H and O–H groups in total. The molecule has 0 bridgehead atoms. The number of β-amino-alcohol motifs (C(OH)–C–C–N with tert-alkyl or cyclic N) is 1. The summed E-state index contributed by atoms with van der Waals surface area (Å²) in [5, 5.41) is 14.7. The first-order valence-electron chi connectivity index (χ1n) is 7.99. The Morgan fingerprint density at radius 1 is 1.22 bits per heavy atom. The molecule has 0 fully saturated rings. The Morgan fingerprint density at radius 3 is 2.87 bits per heavy atom. The topological polar surface area (TPSA) is 26.5 Å². The fourth-order valence-electron chi connectivity index (χ4n) is 3.43. The molecular formula is C18H21N2OS2+. The van der Waals surface area contributed by atoms with Gasteiger partial charge in [0, 0.05) is 5.75 Å². The Bertz CT molecular complexity index is 769. The summed E-state index contributed by atoms with van der Waals surface area (Å²) in [7, 11) is 0. The van der Waals surface area contributed by atoms with E-state index in [2.05, 4.69) is 41.5 Å². The molecule has 2 aromatic rings. The van der Waals surface area contributed by atoms with Crippen molar-refractivity contribution in [2.24, 2.45) is 0 Å². The van der Waals surface area contributed by atoms with E-state index in [0.29, 0.717) is 6.54 Å². The normalized spacial score (nSPS) is 24.2. The predicted molar refractivity (Wildman–Crippen MR) is 98.7 cm³/mol. The smallest absolute Gasteiger partial charge is 0.316 e. The van der Waals surface area contributed by atoms with E-state index in [0.717, 1.165) is 23.6 Å². The third-order valence-electron chi connectivity index (χ3n) is 4.83. The van der Waals surface area contributed by atoms with Crippen LogP contribution < -0.4 is 4.90 Å². The molecule has 4 rings (SSSR count). The van der Waals surface area contributed by atoms with E-state index in [4.69, 9.17) is 0 Å². The van der Waals surface area contributed by atoms with Gasteiger partial charge in [0.05, 0.1) is 11.4 Å². The van der Waals surface area contributed by atoms with Crippen LogP contribution in [0.25, 0.3) is 0 Å². The van der Waals surface area contributed by atoms with E-state index in [1.54, 1.807) is 11.3 Å². The van der Waals surface area contributed by atoms with Crippen LogP contribution in [0.5, 0.6) is 0 Å². The Kier molecular flexibility index (Phi) is 3.75. The van der Waals surface area contributed by atoms with Gasteiger partial charge in [-0.05, 0) is 60.7 Å². The Labute approximate surface area is 145 Å². The first-order valence-corrected chi connectivity index (χ1v) is 9.85. The maximum Gasteiger partial charge on any atom is 0.316 e. The van der Waals surface area contributed by atoms with Gasteiger partial charge >= 0.3 is 5.17 Å². The van der Waals surface area contributed by atoms with Crippen LogP contribution in [0.4, 0.5) is 5.69 Å². The second-order valence-electron chi connectivity index (χ2n) is 6.24. The lowest BCUT2D eigenvalue weighted by Crippen LogP contribution is -2.40. The standard InChI is InChI=1S/C18H21N2OS2/c1-13-6-3-7-15(14(13)2)19-12-18(21,16-8-4-10-22-16)20-9-5-11-23-17(19)20/h3-4,6-8,10,21H,5,9,11-12H2,1-2H3/q+1. The van der Waals surface area contributed by atoms with Gasteiger partial charge in [-0.3, -0.25) is 0 Å². The van der Waals surface area contributed by atoms with E-state index >= 15 is 0 Å². The molecule has 3 heterocycles. The van der Waals surface area contributed by atoms with E-state index in [1.165, 1.54) is 22.0 Å². The number of amidine groups is 1. The fourth-order valence-corrected chi connectivity index (χ4v) is 5.43. The molecule has 2 aliphatic heterocycles. The van der Waals surface area contributed by atoms with Crippen LogP contribution >= 0.6 is 23.1 Å². The van der Waals surface area contributed by atoms with Crippen molar-refractivity contribution in [2.45, 2.75) is 26.0 Å². The van der Waals surface area contributed by atoms with E-state index < -0.39 is 5.72 Å². The maximum absolute atomic E-state index is 11.5. The van der Waals surface area contributed by atoms with E-state index in [-0.39, 0.29) is 0 Å². The summed E-state index contributed by atoms with van der Waals surface area (Å²) < 4.78 is 2.20. The van der Waals surface area contributed by atoms with Crippen LogP contribution in [-0.2, 0) is 5.72 Å². The number of thiophene rings is 1. The van der Waals surface area contributed by atoms with Crippen molar-refractivity contribution in [1.29, 1.82) is 0 Å². The lowest BCUT2D eigenvalue weighted by molar-refractivity contribution is -0.655. The summed E-state index contributed by atoms with van der Waals surface area (Å²) in [6, 6.07) is 10.5. The SMILES string of the molecule is Cc1cccc(N2CC(O)(c3cccs3)[N+]3=C2SCCC3)c1C. The average molecular weight is 346 g/mol. The molecule has 1 aromatic carbocycles. The van der Waals surface area contributed by atoms with Crippen LogP contribution in [0, 0.1) is 13.8 Å². The van der Waals surface area contributed by atoms with Crippen molar-refractivity contribution >= 4 is 34.0 Å². The maximum atomic E-state index is 11.5. The molecule has 1 atom stereocenters. The number of benzene rings is 1. The zero-order valence-electron chi connectivity index (χ0n) is 13.5. The molecule has 1 unspecified atom stereocenters. The van der Waals surface area contributed by atoms with Crippen LogP contribution in [-0.4, -0.2) is 33.7 Å². The minimum absolute atomic E-state index is 0.597. The molecule has 120 valence electrons. The highest BCUT2D eigenvalue weighted by atomic mass is 32.2. The van der Waals surface area contributed by atoms with Gasteiger partial charge in [0.25, 0.3) is 5.72 Å². The van der Waals surface area contributed by atoms with Crippen molar-refractivity contribution < 1.29 is 9.68 Å². The number of aliphatic hydroxyl groups is 1. The first kappa shape index (κ1) is 15.2. The summed E-state index contributed by atoms with van der Waals surface area (Å²) >= 11 is 3.50. The van der Waals surface area contributed by atoms with Gasteiger partial charge in [-0.1, -0.05) is 18.2 Å². The van der Waals surface area contributed by atoms with Gasteiger partial charge in [-0.15, -0.1) is 11.3 Å². The second-order valence-corrected chi connectivity index (χ2v) is 8.25. The number of anilines is 1. The number of thioether (sulfide) groups is 1. The zero-order valence-corrected chi connectivity index (χ0v) is 15.1. The molecule has 0 spiro atoms. The van der Waals surface area contributed by atoms with Crippen molar-refractivity contribution in [3.8, 4) is 0 Å². The highest BCUT2D eigenvalue weighted by Crippen LogP contribution is 2.40. The summed E-state index contributed by atoms with van der Waals surface area (Å²) in [4.78, 5) is 3.34. The molecule has 0 radical (unpaired) electrons. The minimum Gasteiger partial charge on any atom is -0.346 e. The van der Waals surface area contributed by atoms with Crippen LogP contribution in [0.3, 0.4) is 0 Å². The van der Waals surface area contributed by atoms with Gasteiger partial charge in [0.15, 0.2) is 6.54 Å². The van der Waals surface area contributed by atoms with Gasteiger partial charge in [0.1, 0.15) is 5.69 Å². The molecule has 2 aliphatic rings.